The zero-order chi connectivity index (χ0) is 20.7. The van der Waals surface area contributed by atoms with Crippen LogP contribution in [0.2, 0.25) is 0 Å². The van der Waals surface area contributed by atoms with Crippen LogP contribution < -0.4 is 10.2 Å². The zero-order valence-corrected chi connectivity index (χ0v) is 16.2. The van der Waals surface area contributed by atoms with Gasteiger partial charge < -0.3 is 9.64 Å². The minimum atomic E-state index is -4.61. The Labute approximate surface area is 163 Å². The van der Waals surface area contributed by atoms with Crippen molar-refractivity contribution < 1.29 is 22.7 Å². The van der Waals surface area contributed by atoms with Gasteiger partial charge in [-0.1, -0.05) is 44.2 Å². The van der Waals surface area contributed by atoms with Gasteiger partial charge in [-0.3, -0.25) is 5.32 Å². The van der Waals surface area contributed by atoms with Crippen LogP contribution in [-0.2, 0) is 17.5 Å². The number of hydrogen-bond donors (Lipinski definition) is 1. The van der Waals surface area contributed by atoms with E-state index in [0.717, 1.165) is 11.6 Å². The minimum Gasteiger partial charge on any atom is -0.450 e. The molecule has 152 valence electrons. The Bertz CT molecular complexity index is 777. The Hall–Kier alpha value is -2.70. The number of alkyl halides is 3. The van der Waals surface area contributed by atoms with E-state index in [1.54, 1.807) is 13.0 Å². The first-order valence-electron chi connectivity index (χ1n) is 9.14. The molecule has 4 nitrogen and oxygen atoms in total. The molecule has 0 heterocycles. The second-order valence-corrected chi connectivity index (χ2v) is 6.83. The minimum absolute atomic E-state index is 0.0739. The van der Waals surface area contributed by atoms with Gasteiger partial charge in [-0.2, -0.15) is 13.2 Å². The molecule has 0 aliphatic carbocycles. The molecule has 0 fully saturated rings. The fraction of sp³-hybridized carbons (Fsp3) is 0.381. The van der Waals surface area contributed by atoms with Crippen LogP contribution in [0, 0.1) is 5.92 Å². The number of rotatable bonds is 7. The summed E-state index contributed by atoms with van der Waals surface area (Å²) in [6.45, 7) is 6.77. The molecule has 0 spiro atoms. The maximum absolute atomic E-state index is 13.6. The number of anilines is 2. The van der Waals surface area contributed by atoms with Crippen molar-refractivity contribution in [3.05, 3.63) is 59.7 Å². The van der Waals surface area contributed by atoms with Crippen LogP contribution in [0.4, 0.5) is 29.3 Å². The quantitative estimate of drug-likeness (QED) is 0.632. The number of ether oxygens (including phenoxy) is 1. The van der Waals surface area contributed by atoms with Gasteiger partial charge in [0.15, 0.2) is 0 Å². The zero-order valence-electron chi connectivity index (χ0n) is 16.2. The number of carbonyl (C=O) groups excluding carboxylic acids is 1. The number of carbonyl (C=O) groups is 1. The van der Waals surface area contributed by atoms with Crippen LogP contribution in [0.3, 0.4) is 0 Å². The second-order valence-electron chi connectivity index (χ2n) is 6.83. The van der Waals surface area contributed by atoms with Crippen molar-refractivity contribution in [2.75, 3.05) is 23.4 Å². The summed E-state index contributed by atoms with van der Waals surface area (Å²) in [6.07, 6.45) is -5.52. The van der Waals surface area contributed by atoms with E-state index in [-0.39, 0.29) is 18.2 Å². The lowest BCUT2D eigenvalue weighted by atomic mass is 10.1. The molecule has 0 aliphatic heterocycles. The average Bonchev–Trinajstić information content (AvgIpc) is 2.61. The first-order chi connectivity index (χ1) is 13.2. The molecule has 0 aromatic heterocycles. The molecule has 0 saturated carbocycles. The molecule has 0 unspecified atom stereocenters. The summed E-state index contributed by atoms with van der Waals surface area (Å²) >= 11 is 0. The lowest BCUT2D eigenvalue weighted by molar-refractivity contribution is -0.136. The van der Waals surface area contributed by atoms with Gasteiger partial charge in [0.2, 0.25) is 0 Å². The van der Waals surface area contributed by atoms with E-state index < -0.39 is 17.8 Å². The maximum Gasteiger partial charge on any atom is 0.418 e. The van der Waals surface area contributed by atoms with E-state index in [9.17, 15) is 18.0 Å². The highest BCUT2D eigenvalue weighted by Crippen LogP contribution is 2.38. The summed E-state index contributed by atoms with van der Waals surface area (Å²) in [6, 6.07) is 13.5. The van der Waals surface area contributed by atoms with E-state index in [4.69, 9.17) is 4.74 Å². The van der Waals surface area contributed by atoms with Crippen molar-refractivity contribution in [1.29, 1.82) is 0 Å². The van der Waals surface area contributed by atoms with Crippen LogP contribution in [-0.4, -0.2) is 19.2 Å². The van der Waals surface area contributed by atoms with Crippen molar-refractivity contribution >= 4 is 17.5 Å². The van der Waals surface area contributed by atoms with Crippen molar-refractivity contribution in [2.45, 2.75) is 33.5 Å². The monoisotopic (exact) mass is 394 g/mol. The summed E-state index contributed by atoms with van der Waals surface area (Å²) in [4.78, 5) is 13.5. The molecule has 0 saturated heterocycles. The number of nitrogens with zero attached hydrogens (tertiary/aromatic N) is 1. The summed E-state index contributed by atoms with van der Waals surface area (Å²) in [5, 5.41) is 2.17. The van der Waals surface area contributed by atoms with Crippen molar-refractivity contribution in [3.8, 4) is 0 Å². The normalized spacial score (nSPS) is 11.4. The SMILES string of the molecule is CCOC(=O)Nc1ccc(N(Cc2ccccc2)CC(C)C)cc1C(F)(F)F. The number of hydrogen-bond acceptors (Lipinski definition) is 3. The summed E-state index contributed by atoms with van der Waals surface area (Å²) in [5.41, 5.74) is 0.225. The molecule has 0 aliphatic rings. The molecule has 1 amide bonds. The molecule has 2 rings (SSSR count). The Morgan fingerprint density at radius 1 is 1.14 bits per heavy atom. The number of amides is 1. The topological polar surface area (TPSA) is 41.6 Å². The van der Waals surface area contributed by atoms with Gasteiger partial charge in [-0.15, -0.1) is 0 Å². The lowest BCUT2D eigenvalue weighted by Crippen LogP contribution is -2.27. The number of halogens is 3. The Kier molecular flexibility index (Phi) is 7.31. The largest absolute Gasteiger partial charge is 0.450 e. The predicted octanol–water partition coefficient (Wildman–Crippen LogP) is 5.94. The summed E-state index contributed by atoms with van der Waals surface area (Å²) in [7, 11) is 0. The van der Waals surface area contributed by atoms with Gasteiger partial charge in [-0.05, 0) is 36.6 Å². The lowest BCUT2D eigenvalue weighted by Gasteiger charge is -2.28. The van der Waals surface area contributed by atoms with Gasteiger partial charge in [0, 0.05) is 18.8 Å². The third-order valence-electron chi connectivity index (χ3n) is 3.99. The molecular formula is C21H25F3N2O2. The van der Waals surface area contributed by atoms with Gasteiger partial charge in [0.25, 0.3) is 0 Å². The van der Waals surface area contributed by atoms with E-state index in [1.807, 2.05) is 49.1 Å². The second kappa shape index (κ2) is 9.48. The van der Waals surface area contributed by atoms with Gasteiger partial charge in [-0.25, -0.2) is 4.79 Å². The van der Waals surface area contributed by atoms with Gasteiger partial charge in [0.1, 0.15) is 0 Å². The van der Waals surface area contributed by atoms with E-state index in [0.29, 0.717) is 18.8 Å². The van der Waals surface area contributed by atoms with Crippen molar-refractivity contribution in [1.82, 2.24) is 0 Å². The maximum atomic E-state index is 13.6. The summed E-state index contributed by atoms with van der Waals surface area (Å²) in [5.74, 6) is 0.260. The van der Waals surface area contributed by atoms with Crippen molar-refractivity contribution in [2.24, 2.45) is 5.92 Å². The van der Waals surface area contributed by atoms with E-state index >= 15 is 0 Å². The highest BCUT2D eigenvalue weighted by molar-refractivity contribution is 5.86. The molecule has 7 heteroatoms. The van der Waals surface area contributed by atoms with Crippen LogP contribution in [0.25, 0.3) is 0 Å². The van der Waals surface area contributed by atoms with Gasteiger partial charge >= 0.3 is 12.3 Å². The molecule has 2 aromatic carbocycles. The first kappa shape index (κ1) is 21.6. The molecule has 0 atom stereocenters. The highest BCUT2D eigenvalue weighted by Gasteiger charge is 2.35. The standard InChI is InChI=1S/C21H25F3N2O2/c1-4-28-20(27)25-19-11-10-17(12-18(19)21(22,23)24)26(13-15(2)3)14-16-8-6-5-7-9-16/h5-12,15H,4,13-14H2,1-3H3,(H,25,27). The summed E-state index contributed by atoms with van der Waals surface area (Å²) < 4.78 is 45.5. The third-order valence-corrected chi connectivity index (χ3v) is 3.99. The fourth-order valence-electron chi connectivity index (χ4n) is 2.86. The number of nitrogens with one attached hydrogen (secondary N) is 1. The molecule has 2 aromatic rings. The predicted molar refractivity (Wildman–Crippen MR) is 104 cm³/mol. The van der Waals surface area contributed by atoms with E-state index in [1.165, 1.54) is 6.07 Å². The van der Waals surface area contributed by atoms with E-state index in [2.05, 4.69) is 5.32 Å². The average molecular weight is 394 g/mol. The first-order valence-corrected chi connectivity index (χ1v) is 9.14. The smallest absolute Gasteiger partial charge is 0.418 e. The Morgan fingerprint density at radius 3 is 2.39 bits per heavy atom. The number of benzene rings is 2. The molecule has 0 bridgehead atoms. The molecule has 1 N–H and O–H groups in total. The third kappa shape index (κ3) is 6.18. The Balaban J connectivity index is 2.38. The Morgan fingerprint density at radius 2 is 1.82 bits per heavy atom. The highest BCUT2D eigenvalue weighted by atomic mass is 19.4. The van der Waals surface area contributed by atoms with Crippen LogP contribution in [0.15, 0.2) is 48.5 Å². The van der Waals surface area contributed by atoms with Crippen LogP contribution in [0.5, 0.6) is 0 Å². The van der Waals surface area contributed by atoms with Crippen LogP contribution >= 0.6 is 0 Å². The molecule has 28 heavy (non-hydrogen) atoms. The van der Waals surface area contributed by atoms with Crippen molar-refractivity contribution in [3.63, 3.8) is 0 Å². The molecular weight excluding hydrogens is 369 g/mol. The van der Waals surface area contributed by atoms with Gasteiger partial charge in [0.05, 0.1) is 17.9 Å². The fourth-order valence-corrected chi connectivity index (χ4v) is 2.86. The molecule has 0 radical (unpaired) electrons. The van der Waals surface area contributed by atoms with Crippen LogP contribution in [0.1, 0.15) is 31.9 Å².